The molecule has 3 rings (SSSR count). The third-order valence-electron chi connectivity index (χ3n) is 3.99. The summed E-state index contributed by atoms with van der Waals surface area (Å²) < 4.78 is 11.1. The van der Waals surface area contributed by atoms with E-state index in [4.69, 9.17) is 32.4 Å². The first kappa shape index (κ1) is 18.5. The molecule has 1 amide bonds. The topological polar surface area (TPSA) is 75.3 Å². The number of nitrogens with zero attached hydrogens (tertiary/aromatic N) is 1. The number of hydrogen-bond donors (Lipinski definition) is 1. The van der Waals surface area contributed by atoms with E-state index in [0.29, 0.717) is 40.3 Å². The van der Waals surface area contributed by atoms with Gasteiger partial charge in [0.15, 0.2) is 0 Å². The molecule has 1 aromatic carbocycles. The zero-order valence-electron chi connectivity index (χ0n) is 13.8. The van der Waals surface area contributed by atoms with Gasteiger partial charge in [-0.15, -0.1) is 0 Å². The molecule has 1 aliphatic heterocycles. The molecule has 1 fully saturated rings. The monoisotopic (exact) mass is 390 g/mol. The fourth-order valence-corrected chi connectivity index (χ4v) is 3.16. The van der Waals surface area contributed by atoms with Crippen molar-refractivity contribution in [2.24, 2.45) is 0 Å². The van der Waals surface area contributed by atoms with Crippen molar-refractivity contribution < 1.29 is 13.9 Å². The maximum Gasteiger partial charge on any atom is 0.262 e. The molecular weight excluding hydrogens is 375 g/mol. The van der Waals surface area contributed by atoms with Crippen LogP contribution in [0.25, 0.3) is 17.4 Å². The lowest BCUT2D eigenvalue weighted by atomic mass is 10.2. The Labute approximate surface area is 161 Å². The zero-order valence-corrected chi connectivity index (χ0v) is 15.3. The van der Waals surface area contributed by atoms with E-state index in [1.54, 1.807) is 30.3 Å². The Morgan fingerprint density at radius 3 is 2.88 bits per heavy atom. The molecule has 1 unspecified atom stereocenters. The van der Waals surface area contributed by atoms with Gasteiger partial charge in [-0.05, 0) is 43.2 Å². The number of amides is 1. The molecule has 2 heterocycles. The van der Waals surface area contributed by atoms with Crippen LogP contribution in [0, 0.1) is 11.3 Å². The number of carbonyl (C=O) groups is 1. The number of furan rings is 1. The van der Waals surface area contributed by atoms with Crippen LogP contribution >= 0.6 is 23.2 Å². The molecule has 0 saturated carbocycles. The molecule has 7 heteroatoms. The summed E-state index contributed by atoms with van der Waals surface area (Å²) in [4.78, 5) is 12.2. The third-order valence-corrected chi connectivity index (χ3v) is 4.54. The van der Waals surface area contributed by atoms with Gasteiger partial charge in [-0.3, -0.25) is 4.79 Å². The van der Waals surface area contributed by atoms with Gasteiger partial charge in [0.25, 0.3) is 5.91 Å². The van der Waals surface area contributed by atoms with E-state index in [2.05, 4.69) is 5.32 Å². The van der Waals surface area contributed by atoms with E-state index in [1.165, 1.54) is 6.08 Å². The number of benzene rings is 1. The lowest BCUT2D eigenvalue weighted by Gasteiger charge is -2.09. The first-order chi connectivity index (χ1) is 12.6. The lowest BCUT2D eigenvalue weighted by molar-refractivity contribution is -0.117. The predicted molar refractivity (Wildman–Crippen MR) is 99.7 cm³/mol. The molecule has 5 nitrogen and oxygen atoms in total. The second kappa shape index (κ2) is 8.41. The molecule has 2 aromatic rings. The van der Waals surface area contributed by atoms with Gasteiger partial charge in [0.2, 0.25) is 0 Å². The van der Waals surface area contributed by atoms with Gasteiger partial charge < -0.3 is 14.5 Å². The van der Waals surface area contributed by atoms with Gasteiger partial charge in [0, 0.05) is 29.8 Å². The van der Waals surface area contributed by atoms with Crippen LogP contribution < -0.4 is 5.32 Å². The van der Waals surface area contributed by atoms with Gasteiger partial charge in [-0.2, -0.15) is 5.26 Å². The maximum atomic E-state index is 12.2. The summed E-state index contributed by atoms with van der Waals surface area (Å²) in [5, 5.41) is 13.0. The van der Waals surface area contributed by atoms with Crippen molar-refractivity contribution in [1.29, 1.82) is 5.26 Å². The summed E-state index contributed by atoms with van der Waals surface area (Å²) in [6.45, 7) is 1.10. The quantitative estimate of drug-likeness (QED) is 0.603. The molecule has 1 aromatic heterocycles. The van der Waals surface area contributed by atoms with Crippen molar-refractivity contribution in [3.8, 4) is 17.4 Å². The summed E-state index contributed by atoms with van der Waals surface area (Å²) in [5.41, 5.74) is 0.642. The summed E-state index contributed by atoms with van der Waals surface area (Å²) in [6.07, 6.45) is 3.32. The number of hydrogen-bond acceptors (Lipinski definition) is 4. The van der Waals surface area contributed by atoms with Crippen molar-refractivity contribution in [2.75, 3.05) is 13.2 Å². The first-order valence-corrected chi connectivity index (χ1v) is 8.89. The molecule has 1 aliphatic rings. The highest BCUT2D eigenvalue weighted by molar-refractivity contribution is 6.36. The van der Waals surface area contributed by atoms with Gasteiger partial charge in [-0.25, -0.2) is 0 Å². The molecule has 26 heavy (non-hydrogen) atoms. The molecule has 0 spiro atoms. The second-order valence-corrected chi connectivity index (χ2v) is 6.68. The average Bonchev–Trinajstić information content (AvgIpc) is 3.29. The molecule has 0 radical (unpaired) electrons. The normalized spacial score (nSPS) is 17.1. The van der Waals surface area contributed by atoms with Crippen LogP contribution in [0.3, 0.4) is 0 Å². The van der Waals surface area contributed by atoms with Crippen molar-refractivity contribution in [3.05, 3.63) is 51.7 Å². The largest absolute Gasteiger partial charge is 0.457 e. The fourth-order valence-electron chi connectivity index (χ4n) is 2.66. The smallest absolute Gasteiger partial charge is 0.262 e. The first-order valence-electron chi connectivity index (χ1n) is 8.13. The Morgan fingerprint density at radius 1 is 1.35 bits per heavy atom. The fraction of sp³-hybridized carbons (Fsp3) is 0.263. The summed E-state index contributed by atoms with van der Waals surface area (Å²) in [6, 6.07) is 10.4. The molecule has 134 valence electrons. The van der Waals surface area contributed by atoms with E-state index < -0.39 is 5.91 Å². The van der Waals surface area contributed by atoms with Gasteiger partial charge in [-0.1, -0.05) is 23.2 Å². The molecule has 0 bridgehead atoms. The highest BCUT2D eigenvalue weighted by Gasteiger charge is 2.18. The second-order valence-electron chi connectivity index (χ2n) is 5.84. The highest BCUT2D eigenvalue weighted by atomic mass is 35.5. The lowest BCUT2D eigenvalue weighted by Crippen LogP contribution is -2.32. The standard InChI is InChI=1S/C19H16Cl2N2O3/c20-13-3-5-16(17(21)9-13)18-6-4-14(26-18)8-12(10-22)19(24)23-11-15-2-1-7-25-15/h3-6,8-9,15H,1-2,7,11H2,(H,23,24). The number of nitriles is 1. The van der Waals surface area contributed by atoms with E-state index in [9.17, 15) is 10.1 Å². The number of nitrogens with one attached hydrogen (secondary N) is 1. The van der Waals surface area contributed by atoms with Crippen LogP contribution in [0.2, 0.25) is 10.0 Å². The van der Waals surface area contributed by atoms with Crippen LogP contribution in [0.1, 0.15) is 18.6 Å². The minimum absolute atomic E-state index is 0.0150. The van der Waals surface area contributed by atoms with Crippen molar-refractivity contribution >= 4 is 35.2 Å². The van der Waals surface area contributed by atoms with Crippen LogP contribution in [-0.4, -0.2) is 25.2 Å². The Hall–Kier alpha value is -2.26. The summed E-state index contributed by atoms with van der Waals surface area (Å²) >= 11 is 12.1. The molecule has 1 N–H and O–H groups in total. The average molecular weight is 391 g/mol. The minimum Gasteiger partial charge on any atom is -0.457 e. The Morgan fingerprint density at radius 2 is 2.19 bits per heavy atom. The molecule has 0 aliphatic carbocycles. The van der Waals surface area contributed by atoms with Crippen LogP contribution in [-0.2, 0) is 9.53 Å². The Bertz CT molecular complexity index is 877. The molecule has 1 saturated heterocycles. The van der Waals surface area contributed by atoms with Crippen molar-refractivity contribution in [1.82, 2.24) is 5.32 Å². The summed E-state index contributed by atoms with van der Waals surface area (Å²) in [5.74, 6) is 0.454. The number of ether oxygens (including phenoxy) is 1. The molecular formula is C19H16Cl2N2O3. The van der Waals surface area contributed by atoms with E-state index in [1.807, 2.05) is 6.07 Å². The van der Waals surface area contributed by atoms with Crippen LogP contribution in [0.15, 0.2) is 40.3 Å². The van der Waals surface area contributed by atoms with Gasteiger partial charge >= 0.3 is 0 Å². The van der Waals surface area contributed by atoms with E-state index in [-0.39, 0.29) is 11.7 Å². The van der Waals surface area contributed by atoms with E-state index in [0.717, 1.165) is 12.8 Å². The minimum atomic E-state index is -0.453. The molecule has 1 atom stereocenters. The third kappa shape index (κ3) is 4.47. The maximum absolute atomic E-state index is 12.2. The van der Waals surface area contributed by atoms with Crippen molar-refractivity contribution in [3.63, 3.8) is 0 Å². The Balaban J connectivity index is 1.72. The van der Waals surface area contributed by atoms with Gasteiger partial charge in [0.05, 0.1) is 11.1 Å². The highest BCUT2D eigenvalue weighted by Crippen LogP contribution is 2.31. The number of rotatable bonds is 5. The number of halogens is 2. The SMILES string of the molecule is N#CC(=Cc1ccc(-c2ccc(Cl)cc2Cl)o1)C(=O)NCC1CCCO1. The van der Waals surface area contributed by atoms with Gasteiger partial charge in [0.1, 0.15) is 23.2 Å². The predicted octanol–water partition coefficient (Wildman–Crippen LogP) is 4.46. The number of carbonyl (C=O) groups excluding carboxylic acids is 1. The van der Waals surface area contributed by atoms with Crippen molar-refractivity contribution in [2.45, 2.75) is 18.9 Å². The van der Waals surface area contributed by atoms with Crippen LogP contribution in [0.5, 0.6) is 0 Å². The zero-order chi connectivity index (χ0) is 18.5. The Kier molecular flexibility index (Phi) is 6.00. The van der Waals surface area contributed by atoms with E-state index >= 15 is 0 Å². The summed E-state index contributed by atoms with van der Waals surface area (Å²) in [7, 11) is 0. The van der Waals surface area contributed by atoms with Crippen LogP contribution in [0.4, 0.5) is 0 Å².